The van der Waals surface area contributed by atoms with Crippen LogP contribution in [-0.2, 0) is 9.59 Å². The van der Waals surface area contributed by atoms with E-state index in [9.17, 15) is 19.8 Å². The predicted octanol–water partition coefficient (Wildman–Crippen LogP) is 6.21. The van der Waals surface area contributed by atoms with E-state index in [2.05, 4.69) is 0 Å². The summed E-state index contributed by atoms with van der Waals surface area (Å²) in [6.07, 6.45) is 9.17. The Labute approximate surface area is 251 Å². The van der Waals surface area contributed by atoms with Gasteiger partial charge in [0, 0.05) is 23.1 Å². The van der Waals surface area contributed by atoms with Crippen molar-refractivity contribution in [3.05, 3.63) is 82.9 Å². The van der Waals surface area contributed by atoms with Gasteiger partial charge in [-0.2, -0.15) is 0 Å². The largest absolute Gasteiger partial charge is 0.504 e. The summed E-state index contributed by atoms with van der Waals surface area (Å²) in [5.41, 5.74) is 2.58. The van der Waals surface area contributed by atoms with Gasteiger partial charge in [0.05, 0.1) is 42.0 Å². The summed E-state index contributed by atoms with van der Waals surface area (Å²) in [5, 5.41) is 20.5. The lowest BCUT2D eigenvalue weighted by Gasteiger charge is -2.15. The molecule has 43 heavy (non-hydrogen) atoms. The maximum Gasteiger partial charge on any atom is 0.164 e. The second kappa shape index (κ2) is 15.2. The Kier molecular flexibility index (Phi) is 11.4. The highest BCUT2D eigenvalue weighted by Crippen LogP contribution is 2.39. The number of hydrogen-bond acceptors (Lipinski definition) is 9. The maximum atomic E-state index is 12.5. The Balaban J connectivity index is 1.77. The van der Waals surface area contributed by atoms with Gasteiger partial charge >= 0.3 is 0 Å². The number of allylic oxidation sites excluding steroid dienone is 3. The maximum absolute atomic E-state index is 12.5. The molecule has 0 aliphatic heterocycles. The molecule has 0 saturated carbocycles. The molecule has 0 spiro atoms. The first-order valence-electron chi connectivity index (χ1n) is 13.3. The van der Waals surface area contributed by atoms with E-state index in [-0.39, 0.29) is 46.9 Å². The minimum atomic E-state index is -0.389. The van der Waals surface area contributed by atoms with E-state index in [1.54, 1.807) is 69.9 Å². The second-order valence-corrected chi connectivity index (χ2v) is 9.47. The summed E-state index contributed by atoms with van der Waals surface area (Å²) >= 11 is 0. The van der Waals surface area contributed by atoms with Gasteiger partial charge in [-0.1, -0.05) is 37.3 Å². The first-order valence-corrected chi connectivity index (χ1v) is 13.3. The number of rotatable bonds is 14. The lowest BCUT2D eigenvalue weighted by atomic mass is 9.95. The van der Waals surface area contributed by atoms with Crippen molar-refractivity contribution in [3.8, 4) is 40.2 Å². The molecule has 3 aromatic rings. The molecular weight excluding hydrogens is 552 g/mol. The normalized spacial score (nSPS) is 12.0. The second-order valence-electron chi connectivity index (χ2n) is 9.47. The van der Waals surface area contributed by atoms with E-state index in [0.29, 0.717) is 33.9 Å². The van der Waals surface area contributed by atoms with Crippen LogP contribution in [0.4, 0.5) is 0 Å². The van der Waals surface area contributed by atoms with Gasteiger partial charge in [-0.3, -0.25) is 9.59 Å². The molecule has 0 aliphatic carbocycles. The van der Waals surface area contributed by atoms with Crippen LogP contribution >= 0.6 is 0 Å². The number of benzene rings is 3. The van der Waals surface area contributed by atoms with Crippen LogP contribution in [0.25, 0.3) is 18.2 Å². The molecule has 0 aromatic heterocycles. The monoisotopic (exact) mass is 588 g/mol. The van der Waals surface area contributed by atoms with Crippen molar-refractivity contribution in [1.29, 1.82) is 0 Å². The van der Waals surface area contributed by atoms with Crippen molar-refractivity contribution in [2.24, 2.45) is 0 Å². The molecule has 0 saturated heterocycles. The van der Waals surface area contributed by atoms with E-state index < -0.39 is 0 Å². The zero-order chi connectivity index (χ0) is 31.5. The van der Waals surface area contributed by atoms with Crippen molar-refractivity contribution in [1.82, 2.24) is 0 Å². The molecule has 0 heterocycles. The SMILES string of the molecule is COc1cc(/C=C/C(=O)CC(=O)/C=C/c2cc(OC)c(O)c(C(C)/C=C/c3cc(OC)c(OC)cc3OC)c2)ccc1O. The van der Waals surface area contributed by atoms with Gasteiger partial charge in [-0.15, -0.1) is 0 Å². The van der Waals surface area contributed by atoms with Crippen molar-refractivity contribution >= 4 is 29.8 Å². The highest BCUT2D eigenvalue weighted by Gasteiger charge is 2.16. The minimum absolute atomic E-state index is 0.0103. The zero-order valence-corrected chi connectivity index (χ0v) is 25.0. The third kappa shape index (κ3) is 8.42. The number of ketones is 2. The van der Waals surface area contributed by atoms with Gasteiger partial charge in [-0.25, -0.2) is 0 Å². The fourth-order valence-electron chi connectivity index (χ4n) is 4.25. The summed E-state index contributed by atoms with van der Waals surface area (Å²) in [6.45, 7) is 1.91. The highest BCUT2D eigenvalue weighted by molar-refractivity contribution is 6.10. The van der Waals surface area contributed by atoms with Gasteiger partial charge in [0.1, 0.15) is 5.75 Å². The summed E-state index contributed by atoms with van der Waals surface area (Å²) < 4.78 is 26.7. The van der Waals surface area contributed by atoms with Crippen molar-refractivity contribution in [3.63, 3.8) is 0 Å². The van der Waals surface area contributed by atoms with E-state index >= 15 is 0 Å². The smallest absolute Gasteiger partial charge is 0.164 e. The number of methoxy groups -OCH3 is 5. The molecule has 9 nitrogen and oxygen atoms in total. The van der Waals surface area contributed by atoms with Crippen molar-refractivity contribution in [2.45, 2.75) is 19.3 Å². The molecule has 1 unspecified atom stereocenters. The standard InChI is InChI=1S/C34H36O9/c1-21(7-11-24-18-31(41-4)32(42-5)20-29(24)39-2)27-15-23(17-33(43-6)34(27)38)9-13-26(36)19-25(35)12-8-22-10-14-28(37)30(16-22)40-3/h7-18,20-21,37-38H,19H2,1-6H3/b11-7+,12-8+,13-9+. The lowest BCUT2D eigenvalue weighted by molar-refractivity contribution is -0.121. The van der Waals surface area contributed by atoms with Crippen LogP contribution in [0.1, 0.15) is 41.5 Å². The van der Waals surface area contributed by atoms with E-state index in [4.69, 9.17) is 23.7 Å². The van der Waals surface area contributed by atoms with Crippen LogP contribution in [-0.4, -0.2) is 57.3 Å². The van der Waals surface area contributed by atoms with E-state index in [1.807, 2.05) is 19.1 Å². The Hall–Kier alpha value is -5.18. The zero-order valence-electron chi connectivity index (χ0n) is 25.0. The van der Waals surface area contributed by atoms with Gasteiger partial charge in [0.15, 0.2) is 46.1 Å². The molecule has 3 rings (SSSR count). The molecule has 9 heteroatoms. The summed E-state index contributed by atoms with van der Waals surface area (Å²) in [7, 11) is 7.54. The number of aromatic hydroxyl groups is 2. The van der Waals surface area contributed by atoms with E-state index in [1.165, 1.54) is 32.4 Å². The fourth-order valence-corrected chi connectivity index (χ4v) is 4.25. The third-order valence-corrected chi connectivity index (χ3v) is 6.61. The Morgan fingerprint density at radius 2 is 1.23 bits per heavy atom. The highest BCUT2D eigenvalue weighted by atomic mass is 16.5. The van der Waals surface area contributed by atoms with Gasteiger partial charge < -0.3 is 33.9 Å². The molecule has 0 bridgehead atoms. The number of phenols is 2. The molecule has 1 atom stereocenters. The van der Waals surface area contributed by atoms with Crippen LogP contribution in [0.3, 0.4) is 0 Å². The minimum Gasteiger partial charge on any atom is -0.504 e. The fraction of sp³-hybridized carbons (Fsp3) is 0.235. The summed E-state index contributed by atoms with van der Waals surface area (Å²) in [5.74, 6) is 1.14. The van der Waals surface area contributed by atoms with Crippen LogP contribution in [0.5, 0.6) is 40.2 Å². The van der Waals surface area contributed by atoms with Crippen LogP contribution in [0.15, 0.2) is 60.7 Å². The molecule has 2 N–H and O–H groups in total. The summed E-state index contributed by atoms with van der Waals surface area (Å²) in [6, 6.07) is 11.6. The van der Waals surface area contributed by atoms with Crippen LogP contribution in [0, 0.1) is 0 Å². The average molecular weight is 589 g/mol. The first-order chi connectivity index (χ1) is 20.6. The third-order valence-electron chi connectivity index (χ3n) is 6.61. The van der Waals surface area contributed by atoms with Crippen molar-refractivity contribution < 1.29 is 43.5 Å². The Morgan fingerprint density at radius 1 is 0.674 bits per heavy atom. The number of hydrogen-bond donors (Lipinski definition) is 2. The topological polar surface area (TPSA) is 121 Å². The van der Waals surface area contributed by atoms with Crippen LogP contribution in [0.2, 0.25) is 0 Å². The Morgan fingerprint density at radius 3 is 1.84 bits per heavy atom. The molecule has 3 aromatic carbocycles. The average Bonchev–Trinajstić information content (AvgIpc) is 3.01. The van der Waals surface area contributed by atoms with Crippen molar-refractivity contribution in [2.75, 3.05) is 35.5 Å². The van der Waals surface area contributed by atoms with Gasteiger partial charge in [0.2, 0.25) is 0 Å². The van der Waals surface area contributed by atoms with Gasteiger partial charge in [-0.05, 0) is 53.6 Å². The number of ether oxygens (including phenoxy) is 5. The van der Waals surface area contributed by atoms with E-state index in [0.717, 1.165) is 5.56 Å². The van der Waals surface area contributed by atoms with Crippen LogP contribution < -0.4 is 23.7 Å². The summed E-state index contributed by atoms with van der Waals surface area (Å²) in [4.78, 5) is 24.9. The molecule has 0 aliphatic rings. The quantitative estimate of drug-likeness (QED) is 0.167. The molecular formula is C34H36O9. The molecule has 0 fully saturated rings. The number of carbonyl (C=O) groups is 2. The Bertz CT molecular complexity index is 1550. The van der Waals surface area contributed by atoms with Gasteiger partial charge in [0.25, 0.3) is 0 Å². The number of phenolic OH excluding ortho intramolecular Hbond substituents is 2. The molecule has 0 amide bonds. The number of carbonyl (C=O) groups excluding carboxylic acids is 2. The predicted molar refractivity (Wildman–Crippen MR) is 166 cm³/mol. The first kappa shape index (κ1) is 32.3. The lowest BCUT2D eigenvalue weighted by Crippen LogP contribution is -2.02. The molecule has 0 radical (unpaired) electrons. The molecule has 226 valence electrons.